The zero-order valence-electron chi connectivity index (χ0n) is 14.9. The number of benzene rings is 2. The van der Waals surface area contributed by atoms with E-state index in [9.17, 15) is 27.9 Å². The van der Waals surface area contributed by atoms with E-state index in [1.165, 1.54) is 6.07 Å². The van der Waals surface area contributed by atoms with Crippen molar-refractivity contribution in [1.29, 1.82) is 0 Å². The molecule has 6 nitrogen and oxygen atoms in total. The maximum absolute atomic E-state index is 12.8. The van der Waals surface area contributed by atoms with Gasteiger partial charge in [0.1, 0.15) is 23.4 Å². The largest absolute Gasteiger partial charge is 0.455 e. The summed E-state index contributed by atoms with van der Waals surface area (Å²) >= 11 is 5.90. The molecule has 0 aliphatic heterocycles. The van der Waals surface area contributed by atoms with E-state index in [0.717, 1.165) is 18.2 Å². The first-order valence-corrected chi connectivity index (χ1v) is 9.74. The number of alkyl halides is 3. The Morgan fingerprint density at radius 2 is 1.97 bits per heavy atom. The summed E-state index contributed by atoms with van der Waals surface area (Å²) in [5.41, 5.74) is -1.03. The predicted molar refractivity (Wildman–Crippen MR) is 102 cm³/mol. The molecular formula is C18H14ClF3NO5P. The van der Waals surface area contributed by atoms with Crippen LogP contribution in [0.15, 0.2) is 30.3 Å². The van der Waals surface area contributed by atoms with Gasteiger partial charge in [0, 0.05) is 17.7 Å². The number of halogens is 4. The molecule has 0 bridgehead atoms. The molecule has 154 valence electrons. The highest BCUT2D eigenvalue weighted by Crippen LogP contribution is 2.39. The van der Waals surface area contributed by atoms with Crippen molar-refractivity contribution >= 4 is 30.6 Å². The highest BCUT2D eigenvalue weighted by molar-refractivity contribution is 7.48. The summed E-state index contributed by atoms with van der Waals surface area (Å²) in [6, 6.07) is 4.85. The van der Waals surface area contributed by atoms with Crippen LogP contribution in [0.5, 0.6) is 11.5 Å². The third kappa shape index (κ3) is 5.51. The molecule has 0 N–H and O–H groups in total. The van der Waals surface area contributed by atoms with Crippen LogP contribution in [-0.2, 0) is 21.7 Å². The smallest absolute Gasteiger partial charge is 0.416 e. The lowest BCUT2D eigenvalue weighted by molar-refractivity contribution is -0.383. The standard InChI is InChI=1S/C18H14ClF3NO5P/c1-3-7-27-29(26)17-10-16(11(4-2)8-14(17)23(24)25)28-15-6-5-12(9-13(15)19)18(20,21)22/h1,5-6,8-10,29H,4,7H2,2H3. The van der Waals surface area contributed by atoms with Crippen molar-refractivity contribution in [1.82, 2.24) is 0 Å². The van der Waals surface area contributed by atoms with Crippen molar-refractivity contribution < 1.29 is 31.9 Å². The summed E-state index contributed by atoms with van der Waals surface area (Å²) in [6.45, 7) is 1.38. The Kier molecular flexibility index (Phi) is 7.31. The van der Waals surface area contributed by atoms with Gasteiger partial charge in [-0.15, -0.1) is 6.42 Å². The lowest BCUT2D eigenvalue weighted by atomic mass is 10.1. The average molecular weight is 448 g/mol. The Bertz CT molecular complexity index is 1000. The number of nitro groups is 1. The fourth-order valence-corrected chi connectivity index (χ4v) is 3.57. The van der Waals surface area contributed by atoms with Crippen LogP contribution >= 0.6 is 19.6 Å². The SMILES string of the molecule is C#CCO[PH](=O)c1cc(Oc2ccc(C(F)(F)F)cc2Cl)c(CC)cc1[N+](=O)[O-]. The Morgan fingerprint density at radius 3 is 2.48 bits per heavy atom. The van der Waals surface area contributed by atoms with Gasteiger partial charge >= 0.3 is 6.18 Å². The number of aryl methyl sites for hydroxylation is 1. The van der Waals surface area contributed by atoms with E-state index in [2.05, 4.69) is 5.92 Å². The summed E-state index contributed by atoms with van der Waals surface area (Å²) < 4.78 is 61.2. The van der Waals surface area contributed by atoms with Gasteiger partial charge < -0.3 is 9.26 Å². The molecule has 0 radical (unpaired) electrons. The van der Waals surface area contributed by atoms with Crippen LogP contribution in [-0.4, -0.2) is 11.5 Å². The summed E-state index contributed by atoms with van der Waals surface area (Å²) in [5.74, 6) is 2.07. The molecule has 0 saturated heterocycles. The summed E-state index contributed by atoms with van der Waals surface area (Å²) in [4.78, 5) is 10.6. The van der Waals surface area contributed by atoms with Gasteiger partial charge in [0.25, 0.3) is 5.69 Å². The second-order valence-corrected chi connectivity index (χ2v) is 7.42. The Hall–Kier alpha value is -2.53. The summed E-state index contributed by atoms with van der Waals surface area (Å²) in [6.07, 6.45) is 0.754. The van der Waals surface area contributed by atoms with Crippen LogP contribution < -0.4 is 10.0 Å². The van der Waals surface area contributed by atoms with Crippen LogP contribution in [0.2, 0.25) is 5.02 Å². The molecule has 11 heteroatoms. The van der Waals surface area contributed by atoms with E-state index < -0.39 is 30.4 Å². The van der Waals surface area contributed by atoms with Crippen molar-refractivity contribution in [2.24, 2.45) is 0 Å². The molecule has 29 heavy (non-hydrogen) atoms. The number of nitrogens with zero attached hydrogens (tertiary/aromatic N) is 1. The Morgan fingerprint density at radius 1 is 1.28 bits per heavy atom. The minimum Gasteiger partial charge on any atom is -0.455 e. The number of ether oxygens (including phenoxy) is 1. The predicted octanol–water partition coefficient (Wildman–Crippen LogP) is 5.37. The average Bonchev–Trinajstić information content (AvgIpc) is 2.66. The molecule has 1 atom stereocenters. The van der Waals surface area contributed by atoms with Crippen LogP contribution in [0, 0.1) is 22.5 Å². The molecule has 0 heterocycles. The lowest BCUT2D eigenvalue weighted by Gasteiger charge is -2.15. The van der Waals surface area contributed by atoms with Gasteiger partial charge in [0.15, 0.2) is 0 Å². The molecule has 0 aliphatic rings. The molecule has 0 saturated carbocycles. The maximum Gasteiger partial charge on any atom is 0.416 e. The number of hydrogen-bond donors (Lipinski definition) is 0. The fraction of sp³-hybridized carbons (Fsp3) is 0.222. The van der Waals surface area contributed by atoms with Crippen molar-refractivity contribution in [3.05, 3.63) is 56.6 Å². The van der Waals surface area contributed by atoms with Gasteiger partial charge in [0.2, 0.25) is 8.03 Å². The van der Waals surface area contributed by atoms with Crippen molar-refractivity contribution in [3.8, 4) is 23.8 Å². The third-order valence-corrected chi connectivity index (χ3v) is 5.28. The summed E-state index contributed by atoms with van der Waals surface area (Å²) in [7, 11) is -3.07. The highest BCUT2D eigenvalue weighted by atomic mass is 35.5. The van der Waals surface area contributed by atoms with Crippen LogP contribution in [0.4, 0.5) is 18.9 Å². The van der Waals surface area contributed by atoms with E-state index in [0.29, 0.717) is 18.1 Å². The van der Waals surface area contributed by atoms with Gasteiger partial charge in [0.05, 0.1) is 15.5 Å². The highest BCUT2D eigenvalue weighted by Gasteiger charge is 2.31. The number of terminal acetylenes is 1. The van der Waals surface area contributed by atoms with Gasteiger partial charge in [-0.05, 0) is 24.6 Å². The molecule has 0 spiro atoms. The second kappa shape index (κ2) is 9.31. The topological polar surface area (TPSA) is 78.7 Å². The maximum atomic E-state index is 12.8. The Labute approximate surface area is 169 Å². The second-order valence-electron chi connectivity index (χ2n) is 5.61. The molecule has 0 amide bonds. The minimum absolute atomic E-state index is 0.0532. The van der Waals surface area contributed by atoms with E-state index in [1.54, 1.807) is 6.92 Å². The van der Waals surface area contributed by atoms with Gasteiger partial charge in [-0.1, -0.05) is 24.4 Å². The van der Waals surface area contributed by atoms with Crippen molar-refractivity contribution in [2.45, 2.75) is 19.5 Å². The van der Waals surface area contributed by atoms with Crippen molar-refractivity contribution in [2.75, 3.05) is 6.61 Å². The van der Waals surface area contributed by atoms with E-state index >= 15 is 0 Å². The zero-order chi connectivity index (χ0) is 21.8. The van der Waals surface area contributed by atoms with Crippen LogP contribution in [0.25, 0.3) is 0 Å². The molecule has 2 aromatic carbocycles. The Balaban J connectivity index is 2.51. The number of rotatable bonds is 7. The summed E-state index contributed by atoms with van der Waals surface area (Å²) in [5, 5.41) is 10.8. The lowest BCUT2D eigenvalue weighted by Crippen LogP contribution is -2.09. The quantitative estimate of drug-likeness (QED) is 0.247. The molecule has 0 fully saturated rings. The molecule has 1 unspecified atom stereocenters. The van der Waals surface area contributed by atoms with Gasteiger partial charge in [-0.2, -0.15) is 13.2 Å². The number of nitro benzene ring substituents is 1. The first kappa shape index (κ1) is 22.8. The van der Waals surface area contributed by atoms with E-state index in [-0.39, 0.29) is 28.4 Å². The molecule has 2 rings (SSSR count). The normalized spacial score (nSPS) is 12.3. The van der Waals surface area contributed by atoms with Crippen molar-refractivity contribution in [3.63, 3.8) is 0 Å². The van der Waals surface area contributed by atoms with Crippen LogP contribution in [0.3, 0.4) is 0 Å². The molecular weight excluding hydrogens is 434 g/mol. The monoisotopic (exact) mass is 447 g/mol. The van der Waals surface area contributed by atoms with E-state index in [1.807, 2.05) is 0 Å². The number of hydrogen-bond acceptors (Lipinski definition) is 5. The zero-order valence-corrected chi connectivity index (χ0v) is 16.6. The fourth-order valence-electron chi connectivity index (χ4n) is 2.36. The minimum atomic E-state index is -4.58. The van der Waals surface area contributed by atoms with Gasteiger partial charge in [-0.3, -0.25) is 14.7 Å². The van der Waals surface area contributed by atoms with Gasteiger partial charge in [-0.25, -0.2) is 0 Å². The molecule has 0 aliphatic carbocycles. The van der Waals surface area contributed by atoms with Crippen LogP contribution in [0.1, 0.15) is 18.1 Å². The molecule has 0 aromatic heterocycles. The van der Waals surface area contributed by atoms with E-state index in [4.69, 9.17) is 27.3 Å². The first-order valence-electron chi connectivity index (χ1n) is 8.05. The molecule has 2 aromatic rings. The first-order chi connectivity index (χ1) is 13.6. The third-order valence-electron chi connectivity index (χ3n) is 3.74.